The second kappa shape index (κ2) is 7.56. The van der Waals surface area contributed by atoms with Gasteiger partial charge in [0.2, 0.25) is 5.71 Å². The quantitative estimate of drug-likeness (QED) is 0.742. The van der Waals surface area contributed by atoms with Crippen molar-refractivity contribution in [1.82, 2.24) is 14.9 Å². The standard InChI is InChI=1S/C21H26N4O2/c1-14-15(2)27-21-19(14)20(22)23-18(24-21)12-25-10-8-16(9-11-25)13-26-17-6-4-3-5-7-17/h3-7,16H,8-13H2,1-2H3,(H2,22,23,24). The van der Waals surface area contributed by atoms with Crippen LogP contribution in [-0.4, -0.2) is 34.6 Å². The number of likely N-dealkylation sites (tertiary alicyclic amines) is 1. The number of piperidine rings is 1. The van der Waals surface area contributed by atoms with E-state index in [0.717, 1.165) is 60.8 Å². The minimum atomic E-state index is 0.510. The highest BCUT2D eigenvalue weighted by Gasteiger charge is 2.22. The smallest absolute Gasteiger partial charge is 0.231 e. The maximum atomic E-state index is 6.15. The summed E-state index contributed by atoms with van der Waals surface area (Å²) < 4.78 is 11.6. The molecule has 6 nitrogen and oxygen atoms in total. The van der Waals surface area contributed by atoms with E-state index in [2.05, 4.69) is 14.9 Å². The van der Waals surface area contributed by atoms with Gasteiger partial charge in [0.1, 0.15) is 23.2 Å². The average molecular weight is 366 g/mol. The third-order valence-electron chi connectivity index (χ3n) is 5.40. The van der Waals surface area contributed by atoms with Crippen LogP contribution in [-0.2, 0) is 6.54 Å². The number of nitrogens with zero attached hydrogens (tertiary/aromatic N) is 3. The number of aromatic nitrogens is 2. The van der Waals surface area contributed by atoms with Crippen LogP contribution in [0.15, 0.2) is 34.7 Å². The molecule has 2 N–H and O–H groups in total. The number of furan rings is 1. The van der Waals surface area contributed by atoms with Crippen LogP contribution in [0.4, 0.5) is 5.82 Å². The molecule has 0 saturated carbocycles. The van der Waals surface area contributed by atoms with Crippen LogP contribution in [0.2, 0.25) is 0 Å². The van der Waals surface area contributed by atoms with E-state index in [1.54, 1.807) is 0 Å². The summed E-state index contributed by atoms with van der Waals surface area (Å²) in [7, 11) is 0. The van der Waals surface area contributed by atoms with Crippen LogP contribution < -0.4 is 10.5 Å². The fourth-order valence-electron chi connectivity index (χ4n) is 3.64. The highest BCUT2D eigenvalue weighted by atomic mass is 16.5. The van der Waals surface area contributed by atoms with Crippen LogP contribution in [0.25, 0.3) is 11.1 Å². The fraction of sp³-hybridized carbons (Fsp3) is 0.429. The minimum Gasteiger partial charge on any atom is -0.493 e. The van der Waals surface area contributed by atoms with Crippen molar-refractivity contribution in [2.24, 2.45) is 5.92 Å². The van der Waals surface area contributed by atoms with Crippen LogP contribution >= 0.6 is 0 Å². The van der Waals surface area contributed by atoms with Gasteiger partial charge in [-0.05, 0) is 57.8 Å². The summed E-state index contributed by atoms with van der Waals surface area (Å²) in [6, 6.07) is 10.0. The lowest BCUT2D eigenvalue weighted by Crippen LogP contribution is -2.35. The molecular formula is C21H26N4O2. The Hall–Kier alpha value is -2.60. The predicted octanol–water partition coefficient (Wildman–Crippen LogP) is 3.71. The number of para-hydroxylation sites is 1. The Morgan fingerprint density at radius 1 is 1.15 bits per heavy atom. The monoisotopic (exact) mass is 366 g/mol. The molecule has 1 aliphatic rings. The Balaban J connectivity index is 1.33. The van der Waals surface area contributed by atoms with E-state index in [9.17, 15) is 0 Å². The number of benzene rings is 1. The molecule has 1 aromatic carbocycles. The van der Waals surface area contributed by atoms with Crippen LogP contribution in [0, 0.1) is 19.8 Å². The minimum absolute atomic E-state index is 0.510. The summed E-state index contributed by atoms with van der Waals surface area (Å²) in [4.78, 5) is 11.5. The van der Waals surface area contributed by atoms with E-state index in [1.165, 1.54) is 0 Å². The van der Waals surface area contributed by atoms with Crippen molar-refractivity contribution >= 4 is 16.9 Å². The molecular weight excluding hydrogens is 340 g/mol. The van der Waals surface area contributed by atoms with Crippen molar-refractivity contribution in [2.75, 3.05) is 25.4 Å². The lowest BCUT2D eigenvalue weighted by Gasteiger charge is -2.31. The van der Waals surface area contributed by atoms with Crippen LogP contribution in [0.3, 0.4) is 0 Å². The predicted molar refractivity (Wildman–Crippen MR) is 106 cm³/mol. The average Bonchev–Trinajstić information content (AvgIpc) is 2.96. The van der Waals surface area contributed by atoms with Gasteiger partial charge >= 0.3 is 0 Å². The summed E-state index contributed by atoms with van der Waals surface area (Å²) in [5, 5.41) is 0.841. The second-order valence-electron chi connectivity index (χ2n) is 7.33. The largest absolute Gasteiger partial charge is 0.493 e. The molecule has 0 radical (unpaired) electrons. The molecule has 142 valence electrons. The number of anilines is 1. The van der Waals surface area contributed by atoms with Crippen molar-refractivity contribution < 1.29 is 9.15 Å². The molecule has 0 unspecified atom stereocenters. The number of rotatable bonds is 5. The number of nitrogens with two attached hydrogens (primary N) is 1. The van der Waals surface area contributed by atoms with Crippen molar-refractivity contribution in [1.29, 1.82) is 0 Å². The summed E-state index contributed by atoms with van der Waals surface area (Å²) >= 11 is 0. The van der Waals surface area contributed by atoms with E-state index in [0.29, 0.717) is 24.0 Å². The molecule has 6 heteroatoms. The van der Waals surface area contributed by atoms with Gasteiger partial charge in [0.25, 0.3) is 0 Å². The summed E-state index contributed by atoms with van der Waals surface area (Å²) in [6.45, 7) is 7.42. The Bertz CT molecular complexity index is 915. The van der Waals surface area contributed by atoms with Gasteiger partial charge < -0.3 is 14.9 Å². The third kappa shape index (κ3) is 3.90. The number of ether oxygens (including phenoxy) is 1. The van der Waals surface area contributed by atoms with Crippen LogP contribution in [0.1, 0.15) is 30.0 Å². The number of fused-ring (bicyclic) bond motifs is 1. The highest BCUT2D eigenvalue weighted by molar-refractivity contribution is 5.88. The van der Waals surface area contributed by atoms with E-state index in [4.69, 9.17) is 14.9 Å². The van der Waals surface area contributed by atoms with Crippen molar-refractivity contribution in [2.45, 2.75) is 33.2 Å². The highest BCUT2D eigenvalue weighted by Crippen LogP contribution is 2.28. The molecule has 3 heterocycles. The van der Waals surface area contributed by atoms with E-state index < -0.39 is 0 Å². The second-order valence-corrected chi connectivity index (χ2v) is 7.33. The normalized spacial score (nSPS) is 16.1. The molecule has 2 aromatic heterocycles. The molecule has 0 bridgehead atoms. The zero-order valence-corrected chi connectivity index (χ0v) is 15.9. The topological polar surface area (TPSA) is 77.4 Å². The fourth-order valence-corrected chi connectivity index (χ4v) is 3.64. The molecule has 0 aliphatic carbocycles. The van der Waals surface area contributed by atoms with Gasteiger partial charge in [-0.2, -0.15) is 4.98 Å². The van der Waals surface area contributed by atoms with E-state index >= 15 is 0 Å². The van der Waals surface area contributed by atoms with E-state index in [-0.39, 0.29) is 0 Å². The van der Waals surface area contributed by atoms with Gasteiger partial charge in [-0.25, -0.2) is 4.98 Å². The molecule has 1 aliphatic heterocycles. The summed E-state index contributed by atoms with van der Waals surface area (Å²) in [6.07, 6.45) is 2.23. The first-order chi connectivity index (χ1) is 13.1. The van der Waals surface area contributed by atoms with Crippen molar-refractivity contribution in [3.63, 3.8) is 0 Å². The lowest BCUT2D eigenvalue weighted by molar-refractivity contribution is 0.134. The Morgan fingerprint density at radius 3 is 2.63 bits per heavy atom. The maximum Gasteiger partial charge on any atom is 0.231 e. The van der Waals surface area contributed by atoms with Gasteiger partial charge in [-0.1, -0.05) is 18.2 Å². The Kier molecular flexibility index (Phi) is 4.99. The molecule has 3 aromatic rings. The van der Waals surface area contributed by atoms with E-state index in [1.807, 2.05) is 44.2 Å². The lowest BCUT2D eigenvalue weighted by atomic mass is 9.98. The first-order valence-electron chi connectivity index (χ1n) is 9.52. The molecule has 27 heavy (non-hydrogen) atoms. The van der Waals surface area contributed by atoms with Gasteiger partial charge in [0.15, 0.2) is 0 Å². The summed E-state index contributed by atoms with van der Waals surface area (Å²) in [5.41, 5.74) is 7.76. The van der Waals surface area contributed by atoms with Gasteiger partial charge in [-0.15, -0.1) is 0 Å². The molecule has 0 spiro atoms. The van der Waals surface area contributed by atoms with Gasteiger partial charge in [0.05, 0.1) is 18.5 Å². The first-order valence-corrected chi connectivity index (χ1v) is 9.52. The Labute approximate surface area is 159 Å². The number of aryl methyl sites for hydroxylation is 2. The van der Waals surface area contributed by atoms with Crippen molar-refractivity contribution in [3.05, 3.63) is 47.5 Å². The molecule has 4 rings (SSSR count). The Morgan fingerprint density at radius 2 is 1.89 bits per heavy atom. The van der Waals surface area contributed by atoms with Crippen molar-refractivity contribution in [3.8, 4) is 5.75 Å². The molecule has 0 amide bonds. The van der Waals surface area contributed by atoms with Gasteiger partial charge in [0, 0.05) is 5.56 Å². The third-order valence-corrected chi connectivity index (χ3v) is 5.40. The maximum absolute atomic E-state index is 6.15. The molecule has 1 fully saturated rings. The number of nitrogen functional groups attached to an aromatic ring is 1. The van der Waals surface area contributed by atoms with Crippen LogP contribution in [0.5, 0.6) is 5.75 Å². The number of hydrogen-bond donors (Lipinski definition) is 1. The number of hydrogen-bond acceptors (Lipinski definition) is 6. The zero-order chi connectivity index (χ0) is 18.8. The summed E-state index contributed by atoms with van der Waals surface area (Å²) in [5.74, 6) is 3.62. The zero-order valence-electron chi connectivity index (χ0n) is 15.9. The molecule has 1 saturated heterocycles. The molecule has 0 atom stereocenters. The van der Waals surface area contributed by atoms with Gasteiger partial charge in [-0.3, -0.25) is 4.90 Å². The first kappa shape index (κ1) is 17.8. The SMILES string of the molecule is Cc1oc2nc(CN3CCC(COc4ccccc4)CC3)nc(N)c2c1C.